The third-order valence-corrected chi connectivity index (χ3v) is 5.03. The van der Waals surface area contributed by atoms with E-state index in [4.69, 9.17) is 19.3 Å². The topological polar surface area (TPSA) is 102 Å². The van der Waals surface area contributed by atoms with Crippen LogP contribution in [0.2, 0.25) is 0 Å². The molecule has 0 saturated carbocycles. The molecule has 3 unspecified atom stereocenters. The van der Waals surface area contributed by atoms with Crippen LogP contribution in [-0.2, 0) is 23.8 Å². The summed E-state index contributed by atoms with van der Waals surface area (Å²) >= 11 is 0. The summed E-state index contributed by atoms with van der Waals surface area (Å²) in [6.45, 7) is 3.03. The molecular weight excluding hydrogens is 376 g/mol. The number of unbranched alkanes of at least 4 members (excludes halogenated alkanes) is 1. The summed E-state index contributed by atoms with van der Waals surface area (Å²) in [6.07, 6.45) is 9.08. The van der Waals surface area contributed by atoms with Crippen molar-refractivity contribution >= 4 is 11.8 Å². The minimum absolute atomic E-state index is 0.0983. The molecule has 0 aromatic carbocycles. The molecule has 0 fully saturated rings. The number of hydrogen-bond donors (Lipinski definition) is 2. The fourth-order valence-corrected chi connectivity index (χ4v) is 3.06. The molecule has 1 aliphatic carbocycles. The number of carbonyl (C=O) groups is 2. The van der Waals surface area contributed by atoms with Gasteiger partial charge in [0, 0.05) is 19.4 Å². The van der Waals surface area contributed by atoms with Crippen molar-refractivity contribution in [1.82, 2.24) is 0 Å². The maximum atomic E-state index is 13.2. The van der Waals surface area contributed by atoms with E-state index in [0.717, 1.165) is 12.8 Å². The van der Waals surface area contributed by atoms with E-state index < -0.39 is 30.9 Å². The highest BCUT2D eigenvalue weighted by Gasteiger charge is 2.33. The number of esters is 1. The number of carbonyl (C=O) groups excluding carboxylic acids is 2. The first-order valence-electron chi connectivity index (χ1n) is 10.1. The highest BCUT2D eigenvalue weighted by molar-refractivity contribution is 6.18. The number of aliphatic hydroxyl groups excluding tert-OH is 2. The maximum Gasteiger partial charge on any atom is 0.341 e. The molecule has 1 aliphatic rings. The number of aliphatic hydroxyl groups is 2. The molecule has 1 rings (SSSR count). The molecule has 0 aliphatic heterocycles. The lowest BCUT2D eigenvalue weighted by molar-refractivity contribution is -0.144. The van der Waals surface area contributed by atoms with Gasteiger partial charge in [0.1, 0.15) is 29.6 Å². The number of methoxy groups -OCH3 is 2. The Kier molecular flexibility index (Phi) is 10.9. The van der Waals surface area contributed by atoms with E-state index in [2.05, 4.69) is 0 Å². The van der Waals surface area contributed by atoms with Crippen LogP contribution in [0.5, 0.6) is 0 Å². The number of hydrogen-bond acceptors (Lipinski definition) is 7. The van der Waals surface area contributed by atoms with Gasteiger partial charge in [0.05, 0.1) is 13.7 Å². The molecule has 0 bridgehead atoms. The van der Waals surface area contributed by atoms with Gasteiger partial charge < -0.3 is 24.4 Å². The minimum atomic E-state index is -1.20. The minimum Gasteiger partial charge on any atom is -0.497 e. The van der Waals surface area contributed by atoms with E-state index in [-0.39, 0.29) is 17.3 Å². The summed E-state index contributed by atoms with van der Waals surface area (Å²) in [7, 11) is 3.06. The standard InChI is InChI=1S/C22H34O7/c1-5-7-8-16(6-2)20(25)19(21(26)29-15-17(24)14-23)13-22(28-4)11-9-18(27-3)10-12-22/h9-11,13,16-17,23-24H,5-8,12,14-15H2,1-4H3. The fraction of sp³-hybridized carbons (Fsp3) is 0.636. The zero-order valence-electron chi connectivity index (χ0n) is 17.8. The second-order valence-electron chi connectivity index (χ2n) is 7.11. The molecule has 29 heavy (non-hydrogen) atoms. The molecule has 3 atom stereocenters. The zero-order chi connectivity index (χ0) is 21.9. The summed E-state index contributed by atoms with van der Waals surface area (Å²) in [4.78, 5) is 25.9. The van der Waals surface area contributed by atoms with Crippen LogP contribution in [0.1, 0.15) is 46.0 Å². The average molecular weight is 411 g/mol. The van der Waals surface area contributed by atoms with E-state index in [1.54, 1.807) is 19.3 Å². The van der Waals surface area contributed by atoms with Crippen LogP contribution >= 0.6 is 0 Å². The third kappa shape index (κ3) is 7.42. The van der Waals surface area contributed by atoms with Crippen LogP contribution in [-0.4, -0.2) is 61.1 Å². The molecule has 164 valence electrons. The average Bonchev–Trinajstić information content (AvgIpc) is 2.76. The molecule has 2 N–H and O–H groups in total. The van der Waals surface area contributed by atoms with Crippen molar-refractivity contribution in [2.45, 2.75) is 57.7 Å². The van der Waals surface area contributed by atoms with Crippen molar-refractivity contribution in [2.24, 2.45) is 5.92 Å². The number of ether oxygens (including phenoxy) is 3. The summed E-state index contributed by atoms with van der Waals surface area (Å²) in [5.41, 5.74) is -1.08. The Morgan fingerprint density at radius 2 is 2.03 bits per heavy atom. The van der Waals surface area contributed by atoms with Crippen LogP contribution in [0, 0.1) is 5.92 Å². The van der Waals surface area contributed by atoms with Gasteiger partial charge in [-0.3, -0.25) is 4.79 Å². The lowest BCUT2D eigenvalue weighted by Gasteiger charge is -2.28. The predicted molar refractivity (Wildman–Crippen MR) is 109 cm³/mol. The Labute approximate surface area is 173 Å². The quantitative estimate of drug-likeness (QED) is 0.208. The highest BCUT2D eigenvalue weighted by atomic mass is 16.5. The summed E-state index contributed by atoms with van der Waals surface area (Å²) in [5, 5.41) is 18.4. The van der Waals surface area contributed by atoms with Crippen LogP contribution in [0.3, 0.4) is 0 Å². The lowest BCUT2D eigenvalue weighted by Crippen LogP contribution is -2.33. The van der Waals surface area contributed by atoms with Crippen molar-refractivity contribution in [3.8, 4) is 0 Å². The third-order valence-electron chi connectivity index (χ3n) is 5.03. The van der Waals surface area contributed by atoms with Crippen molar-refractivity contribution in [3.05, 3.63) is 35.6 Å². The zero-order valence-corrected chi connectivity index (χ0v) is 17.8. The molecule has 0 aromatic heterocycles. The predicted octanol–water partition coefficient (Wildman–Crippen LogP) is 2.47. The van der Waals surface area contributed by atoms with Gasteiger partial charge in [0.2, 0.25) is 0 Å². The number of rotatable bonds is 13. The largest absolute Gasteiger partial charge is 0.497 e. The Morgan fingerprint density at radius 1 is 1.31 bits per heavy atom. The molecular formula is C22H34O7. The van der Waals surface area contributed by atoms with Crippen molar-refractivity contribution < 1.29 is 34.0 Å². The van der Waals surface area contributed by atoms with Gasteiger partial charge in [0.15, 0.2) is 5.78 Å². The first-order valence-corrected chi connectivity index (χ1v) is 10.1. The Hall–Kier alpha value is -1.96. The van der Waals surface area contributed by atoms with Gasteiger partial charge in [-0.15, -0.1) is 0 Å². The molecule has 0 saturated heterocycles. The molecule has 7 heteroatoms. The SMILES string of the molecule is CCCCC(CC)C(=O)C(=CC1(OC)C=CC(OC)=CC1)C(=O)OCC(O)CO. The van der Waals surface area contributed by atoms with Crippen molar-refractivity contribution in [1.29, 1.82) is 0 Å². The second-order valence-corrected chi connectivity index (χ2v) is 7.11. The van der Waals surface area contributed by atoms with Crippen molar-refractivity contribution in [3.63, 3.8) is 0 Å². The maximum absolute atomic E-state index is 13.2. The van der Waals surface area contributed by atoms with Crippen LogP contribution < -0.4 is 0 Å². The molecule has 0 heterocycles. The molecule has 0 radical (unpaired) electrons. The van der Waals surface area contributed by atoms with E-state index in [0.29, 0.717) is 25.0 Å². The molecule has 0 amide bonds. The van der Waals surface area contributed by atoms with Crippen molar-refractivity contribution in [2.75, 3.05) is 27.4 Å². The number of ketones is 1. The molecule has 7 nitrogen and oxygen atoms in total. The Balaban J connectivity index is 3.22. The van der Waals surface area contributed by atoms with Crippen LogP contribution in [0.15, 0.2) is 35.6 Å². The summed E-state index contributed by atoms with van der Waals surface area (Å²) in [5.74, 6) is -0.760. The number of Topliss-reactive ketones (excluding diaryl/α,β-unsaturated/α-hetero) is 1. The second kappa shape index (κ2) is 12.6. The van der Waals surface area contributed by atoms with Gasteiger partial charge in [-0.25, -0.2) is 4.79 Å². The van der Waals surface area contributed by atoms with E-state index in [1.807, 2.05) is 19.9 Å². The van der Waals surface area contributed by atoms with E-state index >= 15 is 0 Å². The number of allylic oxidation sites excluding steroid dienone is 1. The Morgan fingerprint density at radius 3 is 2.52 bits per heavy atom. The highest BCUT2D eigenvalue weighted by Crippen LogP contribution is 2.29. The molecule has 0 aromatic rings. The first-order chi connectivity index (χ1) is 13.9. The fourth-order valence-electron chi connectivity index (χ4n) is 3.06. The lowest BCUT2D eigenvalue weighted by atomic mass is 9.86. The summed E-state index contributed by atoms with van der Waals surface area (Å²) in [6, 6.07) is 0. The van der Waals surface area contributed by atoms with E-state index in [9.17, 15) is 14.7 Å². The van der Waals surface area contributed by atoms with Crippen LogP contribution in [0.4, 0.5) is 0 Å². The van der Waals surface area contributed by atoms with Gasteiger partial charge >= 0.3 is 5.97 Å². The monoisotopic (exact) mass is 410 g/mol. The first kappa shape index (κ1) is 25.1. The van der Waals surface area contributed by atoms with Gasteiger partial charge in [-0.1, -0.05) is 26.7 Å². The van der Waals surface area contributed by atoms with Gasteiger partial charge in [-0.05, 0) is 37.1 Å². The summed E-state index contributed by atoms with van der Waals surface area (Å²) < 4.78 is 15.9. The van der Waals surface area contributed by atoms with Gasteiger partial charge in [0.25, 0.3) is 0 Å². The molecule has 0 spiro atoms. The Bertz CT molecular complexity index is 635. The normalized spacial score (nSPS) is 21.3. The van der Waals surface area contributed by atoms with E-state index in [1.165, 1.54) is 13.2 Å². The smallest absolute Gasteiger partial charge is 0.341 e. The van der Waals surface area contributed by atoms with Gasteiger partial charge in [-0.2, -0.15) is 0 Å². The van der Waals surface area contributed by atoms with Crippen LogP contribution in [0.25, 0.3) is 0 Å².